The molecule has 8 nitrogen and oxygen atoms in total. The Bertz CT molecular complexity index is 977. The zero-order valence-corrected chi connectivity index (χ0v) is 16.4. The maximum absolute atomic E-state index is 12.5. The first-order chi connectivity index (χ1) is 14.1. The van der Waals surface area contributed by atoms with Crippen molar-refractivity contribution < 1.29 is 19.0 Å². The molecule has 29 heavy (non-hydrogen) atoms. The number of rotatable bonds is 8. The van der Waals surface area contributed by atoms with Crippen molar-refractivity contribution in [2.24, 2.45) is 0 Å². The molecule has 3 rings (SSSR count). The van der Waals surface area contributed by atoms with Crippen LogP contribution in [0, 0.1) is 0 Å². The van der Waals surface area contributed by atoms with Crippen LogP contribution in [0.15, 0.2) is 54.9 Å². The lowest BCUT2D eigenvalue weighted by Crippen LogP contribution is -2.14. The minimum Gasteiger partial charge on any atom is -0.497 e. The summed E-state index contributed by atoms with van der Waals surface area (Å²) in [6, 6.07) is 12.6. The fraction of sp³-hybridized carbons (Fsp3) is 0.190. The molecule has 150 valence electrons. The van der Waals surface area contributed by atoms with Crippen LogP contribution in [0.25, 0.3) is 0 Å². The molecule has 0 saturated carbocycles. The number of amides is 1. The first kappa shape index (κ1) is 19.9. The molecule has 1 amide bonds. The fourth-order valence-electron chi connectivity index (χ4n) is 2.59. The second-order valence-corrected chi connectivity index (χ2v) is 5.87. The summed E-state index contributed by atoms with van der Waals surface area (Å²) < 4.78 is 16.1. The number of ether oxygens (including phenoxy) is 3. The van der Waals surface area contributed by atoms with Crippen LogP contribution in [0.4, 0.5) is 17.3 Å². The molecule has 0 spiro atoms. The van der Waals surface area contributed by atoms with Crippen molar-refractivity contribution in [1.29, 1.82) is 0 Å². The number of hydrogen-bond acceptors (Lipinski definition) is 7. The number of nitrogens with one attached hydrogen (secondary N) is 2. The molecule has 3 aromatic rings. The van der Waals surface area contributed by atoms with Gasteiger partial charge >= 0.3 is 0 Å². The number of carbonyl (C=O) groups is 1. The van der Waals surface area contributed by atoms with Crippen LogP contribution in [-0.4, -0.2) is 36.7 Å². The maximum Gasteiger partial charge on any atom is 0.258 e. The summed E-state index contributed by atoms with van der Waals surface area (Å²) in [7, 11) is 3.15. The Morgan fingerprint density at radius 1 is 0.966 bits per heavy atom. The minimum atomic E-state index is -0.331. The van der Waals surface area contributed by atoms with E-state index < -0.39 is 0 Å². The lowest BCUT2D eigenvalue weighted by atomic mass is 10.2. The van der Waals surface area contributed by atoms with Crippen molar-refractivity contribution in [3.63, 3.8) is 0 Å². The second-order valence-electron chi connectivity index (χ2n) is 5.87. The molecule has 2 N–H and O–H groups in total. The Morgan fingerprint density at radius 3 is 2.41 bits per heavy atom. The van der Waals surface area contributed by atoms with E-state index >= 15 is 0 Å². The average molecular weight is 394 g/mol. The lowest BCUT2D eigenvalue weighted by molar-refractivity contribution is 0.102. The molecule has 8 heteroatoms. The molecular weight excluding hydrogens is 372 g/mol. The lowest BCUT2D eigenvalue weighted by Gasteiger charge is -2.12. The summed E-state index contributed by atoms with van der Waals surface area (Å²) in [4.78, 5) is 21.0. The van der Waals surface area contributed by atoms with E-state index in [0.29, 0.717) is 46.7 Å². The van der Waals surface area contributed by atoms with Crippen molar-refractivity contribution in [1.82, 2.24) is 9.97 Å². The maximum atomic E-state index is 12.5. The van der Waals surface area contributed by atoms with Gasteiger partial charge in [0.05, 0.1) is 37.8 Å². The summed E-state index contributed by atoms with van der Waals surface area (Å²) in [5, 5.41) is 5.87. The van der Waals surface area contributed by atoms with Gasteiger partial charge in [-0.1, -0.05) is 12.1 Å². The SMILES string of the molecule is CCOc1ccccc1NC(=O)c1cnc(Nc2cc(OC)ccc2OC)nc1. The second kappa shape index (κ2) is 9.41. The van der Waals surface area contributed by atoms with Crippen LogP contribution < -0.4 is 24.8 Å². The fourth-order valence-corrected chi connectivity index (χ4v) is 2.59. The summed E-state index contributed by atoms with van der Waals surface area (Å²) in [5.41, 5.74) is 1.55. The average Bonchev–Trinajstić information content (AvgIpc) is 2.75. The van der Waals surface area contributed by atoms with Crippen LogP contribution >= 0.6 is 0 Å². The van der Waals surface area contributed by atoms with E-state index in [1.54, 1.807) is 44.6 Å². The van der Waals surface area contributed by atoms with Gasteiger partial charge in [0.25, 0.3) is 5.91 Å². The van der Waals surface area contributed by atoms with E-state index in [1.165, 1.54) is 12.4 Å². The molecule has 0 saturated heterocycles. The number of methoxy groups -OCH3 is 2. The zero-order chi connectivity index (χ0) is 20.6. The third-order valence-corrected chi connectivity index (χ3v) is 4.00. The number of anilines is 3. The van der Waals surface area contributed by atoms with Crippen LogP contribution in [-0.2, 0) is 0 Å². The van der Waals surface area contributed by atoms with Crippen LogP contribution in [0.3, 0.4) is 0 Å². The van der Waals surface area contributed by atoms with Crippen molar-refractivity contribution in [2.75, 3.05) is 31.5 Å². The molecule has 1 aromatic heterocycles. The number of aromatic nitrogens is 2. The number of hydrogen-bond donors (Lipinski definition) is 2. The van der Waals surface area contributed by atoms with Crippen molar-refractivity contribution in [3.05, 3.63) is 60.4 Å². The topological polar surface area (TPSA) is 94.6 Å². The molecule has 0 atom stereocenters. The Morgan fingerprint density at radius 2 is 1.72 bits per heavy atom. The number of carbonyl (C=O) groups excluding carboxylic acids is 1. The molecular formula is C21H22N4O4. The van der Waals surface area contributed by atoms with Crippen LogP contribution in [0.2, 0.25) is 0 Å². The third kappa shape index (κ3) is 4.92. The minimum absolute atomic E-state index is 0.319. The number of para-hydroxylation sites is 2. The molecule has 0 aliphatic carbocycles. The van der Waals surface area contributed by atoms with Crippen molar-refractivity contribution in [2.45, 2.75) is 6.92 Å². The highest BCUT2D eigenvalue weighted by Crippen LogP contribution is 2.30. The Balaban J connectivity index is 1.73. The highest BCUT2D eigenvalue weighted by Gasteiger charge is 2.12. The summed E-state index contributed by atoms with van der Waals surface area (Å²) in [6.45, 7) is 2.39. The molecule has 2 aromatic carbocycles. The van der Waals surface area contributed by atoms with Gasteiger partial charge < -0.3 is 24.8 Å². The molecule has 0 unspecified atom stereocenters. The van der Waals surface area contributed by atoms with Crippen LogP contribution in [0.5, 0.6) is 17.2 Å². The molecule has 0 aliphatic heterocycles. The van der Waals surface area contributed by atoms with Gasteiger partial charge in [-0.25, -0.2) is 9.97 Å². The smallest absolute Gasteiger partial charge is 0.258 e. The predicted molar refractivity (Wildman–Crippen MR) is 110 cm³/mol. The predicted octanol–water partition coefficient (Wildman–Crippen LogP) is 3.89. The van der Waals surface area contributed by atoms with Gasteiger partial charge in [0, 0.05) is 18.5 Å². The molecule has 0 aliphatic rings. The molecule has 0 bridgehead atoms. The normalized spacial score (nSPS) is 10.2. The standard InChI is InChI=1S/C21H22N4O4/c1-4-29-19-8-6-5-7-16(19)24-20(26)14-12-22-21(23-13-14)25-17-11-15(27-2)9-10-18(17)28-3/h5-13H,4H2,1-3H3,(H,24,26)(H,22,23,25). The summed E-state index contributed by atoms with van der Waals surface area (Å²) >= 11 is 0. The first-order valence-corrected chi connectivity index (χ1v) is 8.99. The van der Waals surface area contributed by atoms with Gasteiger partial charge in [-0.05, 0) is 31.2 Å². The van der Waals surface area contributed by atoms with E-state index in [0.717, 1.165) is 0 Å². The van der Waals surface area contributed by atoms with Gasteiger partial charge in [-0.2, -0.15) is 0 Å². The number of nitrogens with zero attached hydrogens (tertiary/aromatic N) is 2. The third-order valence-electron chi connectivity index (χ3n) is 4.00. The summed E-state index contributed by atoms with van der Waals surface area (Å²) in [6.07, 6.45) is 2.89. The van der Waals surface area contributed by atoms with E-state index in [9.17, 15) is 4.79 Å². The van der Waals surface area contributed by atoms with Gasteiger partial charge in [0.2, 0.25) is 5.95 Å². The van der Waals surface area contributed by atoms with E-state index in [-0.39, 0.29) is 5.91 Å². The van der Waals surface area contributed by atoms with Crippen LogP contribution in [0.1, 0.15) is 17.3 Å². The molecule has 1 heterocycles. The Labute approximate surface area is 168 Å². The van der Waals surface area contributed by atoms with Gasteiger partial charge in [-0.15, -0.1) is 0 Å². The highest BCUT2D eigenvalue weighted by molar-refractivity contribution is 6.04. The van der Waals surface area contributed by atoms with Gasteiger partial charge in [0.15, 0.2) is 0 Å². The zero-order valence-electron chi connectivity index (χ0n) is 16.4. The molecule has 0 fully saturated rings. The first-order valence-electron chi connectivity index (χ1n) is 8.99. The molecule has 0 radical (unpaired) electrons. The summed E-state index contributed by atoms with van der Waals surface area (Å²) in [5.74, 6) is 1.87. The van der Waals surface area contributed by atoms with Crippen molar-refractivity contribution >= 4 is 23.2 Å². The number of benzene rings is 2. The quantitative estimate of drug-likeness (QED) is 0.598. The monoisotopic (exact) mass is 394 g/mol. The van der Waals surface area contributed by atoms with E-state index in [4.69, 9.17) is 14.2 Å². The van der Waals surface area contributed by atoms with E-state index in [2.05, 4.69) is 20.6 Å². The van der Waals surface area contributed by atoms with E-state index in [1.807, 2.05) is 19.1 Å². The Hall–Kier alpha value is -3.81. The van der Waals surface area contributed by atoms with Crippen molar-refractivity contribution in [3.8, 4) is 17.2 Å². The van der Waals surface area contributed by atoms with Gasteiger partial charge in [0.1, 0.15) is 17.2 Å². The largest absolute Gasteiger partial charge is 0.497 e. The Kier molecular flexibility index (Phi) is 6.47. The highest BCUT2D eigenvalue weighted by atomic mass is 16.5. The van der Waals surface area contributed by atoms with Gasteiger partial charge in [-0.3, -0.25) is 4.79 Å².